The Bertz CT molecular complexity index is 732. The van der Waals surface area contributed by atoms with Crippen molar-refractivity contribution in [2.45, 2.75) is 32.4 Å². The van der Waals surface area contributed by atoms with Crippen LogP contribution in [0, 0.1) is 6.92 Å². The van der Waals surface area contributed by atoms with Crippen LogP contribution in [0.25, 0.3) is 11.5 Å². The number of nitrogens with zero attached hydrogens (tertiary/aromatic N) is 3. The molecule has 6 heteroatoms. The molecule has 2 aliphatic heterocycles. The number of piperidine rings is 1. The molecule has 2 amide bonds. The molecule has 1 N–H and O–H groups in total. The molecule has 4 rings (SSSR count). The highest BCUT2D eigenvalue weighted by molar-refractivity contribution is 5.76. The number of amides is 2. The molecule has 0 saturated carbocycles. The highest BCUT2D eigenvalue weighted by Crippen LogP contribution is 2.22. The van der Waals surface area contributed by atoms with E-state index in [0.717, 1.165) is 56.8 Å². The standard InChI is InChI=1S/C19H24N4O2/c1-14-2-4-15(5-3-14)18-21-16(13-25-18)12-22-9-6-17(7-10-22)23-11-8-20-19(23)24/h2-5,13,17H,6-12H2,1H3,(H,20,24). The number of hydrogen-bond donors (Lipinski definition) is 1. The first-order valence-electron chi connectivity index (χ1n) is 8.97. The molecule has 6 nitrogen and oxygen atoms in total. The maximum atomic E-state index is 11.8. The topological polar surface area (TPSA) is 61.6 Å². The first kappa shape index (κ1) is 16.1. The fraction of sp³-hybridized carbons (Fsp3) is 0.474. The lowest BCUT2D eigenvalue weighted by molar-refractivity contribution is 0.131. The molecule has 3 heterocycles. The number of benzene rings is 1. The molecule has 0 bridgehead atoms. The largest absolute Gasteiger partial charge is 0.444 e. The summed E-state index contributed by atoms with van der Waals surface area (Å²) in [6.07, 6.45) is 3.81. The monoisotopic (exact) mass is 340 g/mol. The quantitative estimate of drug-likeness (QED) is 0.929. The van der Waals surface area contributed by atoms with Gasteiger partial charge in [0.1, 0.15) is 6.26 Å². The van der Waals surface area contributed by atoms with Crippen LogP contribution in [0.1, 0.15) is 24.1 Å². The van der Waals surface area contributed by atoms with Crippen LogP contribution < -0.4 is 5.32 Å². The summed E-state index contributed by atoms with van der Waals surface area (Å²) in [5.41, 5.74) is 3.20. The molecule has 2 aromatic rings. The number of aromatic nitrogens is 1. The van der Waals surface area contributed by atoms with Crippen molar-refractivity contribution in [3.8, 4) is 11.5 Å². The van der Waals surface area contributed by atoms with Crippen molar-refractivity contribution >= 4 is 6.03 Å². The smallest absolute Gasteiger partial charge is 0.317 e. The molecular formula is C19H24N4O2. The van der Waals surface area contributed by atoms with Crippen LogP contribution >= 0.6 is 0 Å². The average Bonchev–Trinajstić information content (AvgIpc) is 3.26. The second-order valence-electron chi connectivity index (χ2n) is 6.94. The Morgan fingerprint density at radius 3 is 2.64 bits per heavy atom. The third-order valence-electron chi connectivity index (χ3n) is 5.12. The molecule has 2 aliphatic rings. The highest BCUT2D eigenvalue weighted by atomic mass is 16.3. The molecule has 0 aliphatic carbocycles. The second-order valence-corrected chi connectivity index (χ2v) is 6.94. The Kier molecular flexibility index (Phi) is 4.44. The van der Waals surface area contributed by atoms with E-state index in [4.69, 9.17) is 4.42 Å². The van der Waals surface area contributed by atoms with Crippen LogP contribution in [0.3, 0.4) is 0 Å². The fourth-order valence-corrected chi connectivity index (χ4v) is 3.66. The van der Waals surface area contributed by atoms with E-state index in [9.17, 15) is 4.79 Å². The number of oxazole rings is 1. The first-order valence-corrected chi connectivity index (χ1v) is 8.97. The van der Waals surface area contributed by atoms with Crippen LogP contribution in [0.4, 0.5) is 4.79 Å². The van der Waals surface area contributed by atoms with Crippen molar-refractivity contribution in [1.29, 1.82) is 0 Å². The second kappa shape index (κ2) is 6.88. The van der Waals surface area contributed by atoms with Crippen LogP contribution in [0.15, 0.2) is 34.9 Å². The normalized spacial score (nSPS) is 19.4. The summed E-state index contributed by atoms with van der Waals surface area (Å²) in [5, 5.41) is 2.89. The summed E-state index contributed by atoms with van der Waals surface area (Å²) in [5.74, 6) is 0.679. The third-order valence-corrected chi connectivity index (χ3v) is 5.12. The lowest BCUT2D eigenvalue weighted by Crippen LogP contribution is -2.45. The number of hydrogen-bond acceptors (Lipinski definition) is 4. The Labute approximate surface area is 147 Å². The molecule has 0 atom stereocenters. The maximum absolute atomic E-state index is 11.8. The van der Waals surface area contributed by atoms with Crippen molar-refractivity contribution in [1.82, 2.24) is 20.1 Å². The van der Waals surface area contributed by atoms with E-state index in [2.05, 4.69) is 34.3 Å². The highest BCUT2D eigenvalue weighted by Gasteiger charge is 2.30. The molecule has 2 saturated heterocycles. The van der Waals surface area contributed by atoms with E-state index in [1.807, 2.05) is 17.0 Å². The van der Waals surface area contributed by atoms with Gasteiger partial charge in [0.15, 0.2) is 0 Å². The third kappa shape index (κ3) is 3.54. The van der Waals surface area contributed by atoms with Gasteiger partial charge in [-0.15, -0.1) is 0 Å². The molecule has 0 unspecified atom stereocenters. The minimum Gasteiger partial charge on any atom is -0.444 e. The van der Waals surface area contributed by atoms with Gasteiger partial charge < -0.3 is 14.6 Å². The Morgan fingerprint density at radius 1 is 1.20 bits per heavy atom. The summed E-state index contributed by atoms with van der Waals surface area (Å²) >= 11 is 0. The van der Waals surface area contributed by atoms with E-state index in [1.54, 1.807) is 6.26 Å². The van der Waals surface area contributed by atoms with Gasteiger partial charge in [0.25, 0.3) is 0 Å². The Balaban J connectivity index is 1.33. The van der Waals surface area contributed by atoms with E-state index in [-0.39, 0.29) is 6.03 Å². The van der Waals surface area contributed by atoms with Gasteiger partial charge in [0.05, 0.1) is 5.69 Å². The summed E-state index contributed by atoms with van der Waals surface area (Å²) in [7, 11) is 0. The summed E-state index contributed by atoms with van der Waals surface area (Å²) in [4.78, 5) is 20.8. The minimum absolute atomic E-state index is 0.0951. The van der Waals surface area contributed by atoms with Gasteiger partial charge in [-0.3, -0.25) is 4.90 Å². The molecule has 0 radical (unpaired) electrons. The Morgan fingerprint density at radius 2 is 1.96 bits per heavy atom. The van der Waals surface area contributed by atoms with Crippen molar-refractivity contribution in [2.75, 3.05) is 26.2 Å². The molecule has 1 aromatic carbocycles. The molecule has 132 valence electrons. The number of urea groups is 1. The predicted octanol–water partition coefficient (Wildman–Crippen LogP) is 2.64. The van der Waals surface area contributed by atoms with Gasteiger partial charge in [0, 0.05) is 44.3 Å². The SMILES string of the molecule is Cc1ccc(-c2nc(CN3CCC(N4CCNC4=O)CC3)co2)cc1. The van der Waals surface area contributed by atoms with Crippen LogP contribution in [0.5, 0.6) is 0 Å². The molecule has 1 aromatic heterocycles. The fourth-order valence-electron chi connectivity index (χ4n) is 3.66. The van der Waals surface area contributed by atoms with E-state index in [1.165, 1.54) is 5.56 Å². The number of aryl methyl sites for hydroxylation is 1. The zero-order valence-corrected chi connectivity index (χ0v) is 14.6. The lowest BCUT2D eigenvalue weighted by Gasteiger charge is -2.35. The summed E-state index contributed by atoms with van der Waals surface area (Å²) < 4.78 is 5.65. The van der Waals surface area contributed by atoms with Gasteiger partial charge >= 0.3 is 6.03 Å². The maximum Gasteiger partial charge on any atom is 0.317 e. The molecule has 2 fully saturated rings. The van der Waals surface area contributed by atoms with Gasteiger partial charge in [-0.25, -0.2) is 9.78 Å². The van der Waals surface area contributed by atoms with Gasteiger partial charge in [-0.1, -0.05) is 17.7 Å². The van der Waals surface area contributed by atoms with E-state index < -0.39 is 0 Å². The van der Waals surface area contributed by atoms with Crippen molar-refractivity contribution in [2.24, 2.45) is 0 Å². The number of likely N-dealkylation sites (tertiary alicyclic amines) is 1. The lowest BCUT2D eigenvalue weighted by atomic mass is 10.0. The van der Waals surface area contributed by atoms with Crippen LogP contribution in [0.2, 0.25) is 0 Å². The Hall–Kier alpha value is -2.34. The van der Waals surface area contributed by atoms with Crippen molar-refractivity contribution in [3.63, 3.8) is 0 Å². The number of rotatable bonds is 4. The zero-order valence-electron chi connectivity index (χ0n) is 14.6. The first-order chi connectivity index (χ1) is 12.2. The van der Waals surface area contributed by atoms with Gasteiger partial charge in [-0.2, -0.15) is 0 Å². The van der Waals surface area contributed by atoms with Gasteiger partial charge in [-0.05, 0) is 31.9 Å². The van der Waals surface area contributed by atoms with Crippen LogP contribution in [-0.4, -0.2) is 53.0 Å². The summed E-state index contributed by atoms with van der Waals surface area (Å²) in [6.45, 7) is 6.46. The average molecular weight is 340 g/mol. The predicted molar refractivity (Wildman–Crippen MR) is 95.1 cm³/mol. The number of carbonyl (C=O) groups is 1. The summed E-state index contributed by atoms with van der Waals surface area (Å²) in [6, 6.07) is 8.68. The van der Waals surface area contributed by atoms with Crippen molar-refractivity contribution < 1.29 is 9.21 Å². The number of nitrogens with one attached hydrogen (secondary N) is 1. The van der Waals surface area contributed by atoms with E-state index >= 15 is 0 Å². The van der Waals surface area contributed by atoms with Gasteiger partial charge in [0.2, 0.25) is 5.89 Å². The molecule has 0 spiro atoms. The van der Waals surface area contributed by atoms with E-state index in [0.29, 0.717) is 11.9 Å². The minimum atomic E-state index is 0.0951. The number of carbonyl (C=O) groups excluding carboxylic acids is 1. The zero-order chi connectivity index (χ0) is 17.2. The molecular weight excluding hydrogens is 316 g/mol. The molecule has 25 heavy (non-hydrogen) atoms. The van der Waals surface area contributed by atoms with Crippen LogP contribution in [-0.2, 0) is 6.54 Å². The van der Waals surface area contributed by atoms with Crippen molar-refractivity contribution in [3.05, 3.63) is 41.8 Å².